The van der Waals surface area contributed by atoms with Crippen LogP contribution in [0.25, 0.3) is 0 Å². The Morgan fingerprint density at radius 2 is 1.55 bits per heavy atom. The van der Waals surface area contributed by atoms with Gasteiger partial charge in [-0.05, 0) is 97.0 Å². The molecule has 0 radical (unpaired) electrons. The minimum Gasteiger partial charge on any atom is -0.490 e. The van der Waals surface area contributed by atoms with Gasteiger partial charge in [0.2, 0.25) is 0 Å². The highest BCUT2D eigenvalue weighted by atomic mass is 127. The van der Waals surface area contributed by atoms with Crippen LogP contribution in [0.2, 0.25) is 5.02 Å². The van der Waals surface area contributed by atoms with E-state index in [2.05, 4.69) is 40.5 Å². The molecule has 5 nitrogen and oxygen atoms in total. The SMILES string of the molecule is CCCN1C2=C(C(=O)CCC2)C(c2cc(I)c(OCc3ccc(Cl)cc3)c(OCC)c2)C2=C1CCCC2=O. The van der Waals surface area contributed by atoms with Gasteiger partial charge < -0.3 is 14.4 Å². The quantitative estimate of drug-likeness (QED) is 0.275. The van der Waals surface area contributed by atoms with Gasteiger partial charge in [-0.15, -0.1) is 0 Å². The van der Waals surface area contributed by atoms with Gasteiger partial charge in [-0.2, -0.15) is 0 Å². The van der Waals surface area contributed by atoms with Crippen LogP contribution in [0.1, 0.15) is 75.8 Å². The molecule has 0 amide bonds. The lowest BCUT2D eigenvalue weighted by Crippen LogP contribution is -2.39. The molecule has 2 aromatic carbocycles. The van der Waals surface area contributed by atoms with E-state index in [-0.39, 0.29) is 17.5 Å². The van der Waals surface area contributed by atoms with Gasteiger partial charge in [0.15, 0.2) is 23.1 Å². The average Bonchev–Trinajstić information content (AvgIpc) is 2.90. The van der Waals surface area contributed by atoms with Crippen LogP contribution in [0.3, 0.4) is 0 Å². The van der Waals surface area contributed by atoms with Crippen molar-refractivity contribution in [2.75, 3.05) is 13.2 Å². The van der Waals surface area contributed by atoms with Gasteiger partial charge in [-0.1, -0.05) is 30.7 Å². The molecule has 1 aliphatic heterocycles. The van der Waals surface area contributed by atoms with Crippen molar-refractivity contribution in [1.29, 1.82) is 0 Å². The molecule has 0 spiro atoms. The first-order valence-corrected chi connectivity index (χ1v) is 15.0. The Bertz CT molecular complexity index is 1270. The van der Waals surface area contributed by atoms with Gasteiger partial charge >= 0.3 is 0 Å². The molecule has 0 bridgehead atoms. The number of rotatable bonds is 8. The molecule has 7 heteroatoms. The zero-order valence-corrected chi connectivity index (χ0v) is 24.9. The fourth-order valence-corrected chi connectivity index (χ4v) is 6.84. The fourth-order valence-electron chi connectivity index (χ4n) is 5.94. The summed E-state index contributed by atoms with van der Waals surface area (Å²) in [7, 11) is 0. The van der Waals surface area contributed by atoms with Gasteiger partial charge in [0, 0.05) is 52.9 Å². The molecule has 0 unspecified atom stereocenters. The lowest BCUT2D eigenvalue weighted by molar-refractivity contribution is -0.117. The number of allylic oxidation sites excluding steroid dienone is 4. The van der Waals surface area contributed by atoms with Crippen molar-refractivity contribution in [3.63, 3.8) is 0 Å². The Hall–Kier alpha value is -2.32. The number of Topliss-reactive ketones (excluding diaryl/α,β-unsaturated/α-hetero) is 2. The molecule has 0 N–H and O–H groups in total. The van der Waals surface area contributed by atoms with E-state index in [1.165, 1.54) is 0 Å². The number of hydrogen-bond donors (Lipinski definition) is 0. The van der Waals surface area contributed by atoms with Gasteiger partial charge in [0.05, 0.1) is 10.2 Å². The van der Waals surface area contributed by atoms with Crippen molar-refractivity contribution in [2.24, 2.45) is 0 Å². The summed E-state index contributed by atoms with van der Waals surface area (Å²) < 4.78 is 13.2. The second-order valence-electron chi connectivity index (χ2n) is 10.0. The average molecular weight is 646 g/mol. The zero-order valence-electron chi connectivity index (χ0n) is 21.9. The summed E-state index contributed by atoms with van der Waals surface area (Å²) in [5.74, 6) is 1.28. The highest BCUT2D eigenvalue weighted by Crippen LogP contribution is 2.50. The van der Waals surface area contributed by atoms with Crippen LogP contribution in [0.15, 0.2) is 58.9 Å². The monoisotopic (exact) mass is 645 g/mol. The molecule has 0 saturated carbocycles. The van der Waals surface area contributed by atoms with Crippen LogP contribution in [-0.2, 0) is 16.2 Å². The van der Waals surface area contributed by atoms with Crippen molar-refractivity contribution < 1.29 is 19.1 Å². The third-order valence-corrected chi connectivity index (χ3v) is 8.55. The maximum atomic E-state index is 13.5. The fraction of sp³-hybridized carbons (Fsp3) is 0.419. The first-order chi connectivity index (χ1) is 18.4. The Morgan fingerprint density at radius 1 is 0.921 bits per heavy atom. The molecule has 0 aromatic heterocycles. The molecule has 200 valence electrons. The predicted molar refractivity (Wildman–Crippen MR) is 158 cm³/mol. The molecule has 3 aliphatic rings. The molecule has 0 saturated heterocycles. The van der Waals surface area contributed by atoms with E-state index in [1.54, 1.807) is 0 Å². The van der Waals surface area contributed by atoms with Crippen LogP contribution in [0, 0.1) is 3.57 Å². The molecular formula is C31H33ClINO4. The molecule has 2 aromatic rings. The minimum absolute atomic E-state index is 0.165. The molecule has 1 heterocycles. The highest BCUT2D eigenvalue weighted by Gasteiger charge is 2.43. The number of ether oxygens (including phenoxy) is 2. The highest BCUT2D eigenvalue weighted by molar-refractivity contribution is 14.1. The normalized spacial score (nSPS) is 18.1. The van der Waals surface area contributed by atoms with Gasteiger partial charge in [0.25, 0.3) is 0 Å². The lowest BCUT2D eigenvalue weighted by atomic mass is 9.71. The molecule has 2 aliphatic carbocycles. The molecule has 0 atom stereocenters. The molecule has 5 rings (SSSR count). The van der Waals surface area contributed by atoms with Crippen molar-refractivity contribution in [3.8, 4) is 11.5 Å². The number of carbonyl (C=O) groups excluding carboxylic acids is 2. The van der Waals surface area contributed by atoms with Crippen LogP contribution in [-0.4, -0.2) is 29.6 Å². The standard InChI is InChI=1S/C31H33ClINO4/c1-3-15-34-23-7-5-9-25(35)29(23)28(30-24(34)8-6-10-26(30)36)20-16-22(33)31(27(17-20)37-4-2)38-18-19-11-13-21(32)14-12-19/h11-14,16-17,28H,3-10,15,18H2,1-2H3. The zero-order chi connectivity index (χ0) is 26.8. The number of nitrogens with zero attached hydrogens (tertiary/aromatic N) is 1. The van der Waals surface area contributed by atoms with Crippen molar-refractivity contribution in [3.05, 3.63) is 78.7 Å². The Balaban J connectivity index is 1.60. The van der Waals surface area contributed by atoms with E-state index in [1.807, 2.05) is 37.3 Å². The van der Waals surface area contributed by atoms with Gasteiger partial charge in [-0.25, -0.2) is 0 Å². The van der Waals surface area contributed by atoms with Crippen LogP contribution in [0.5, 0.6) is 11.5 Å². The van der Waals surface area contributed by atoms with E-state index in [9.17, 15) is 9.59 Å². The number of benzene rings is 2. The summed E-state index contributed by atoms with van der Waals surface area (Å²) in [5, 5.41) is 0.685. The summed E-state index contributed by atoms with van der Waals surface area (Å²) in [5.41, 5.74) is 5.80. The van der Waals surface area contributed by atoms with Gasteiger partial charge in [0.1, 0.15) is 6.61 Å². The summed E-state index contributed by atoms with van der Waals surface area (Å²) >= 11 is 8.32. The third-order valence-electron chi connectivity index (χ3n) is 7.50. The first kappa shape index (κ1) is 27.3. The third kappa shape index (κ3) is 5.26. The second kappa shape index (κ2) is 11.8. The van der Waals surface area contributed by atoms with E-state index in [4.69, 9.17) is 21.1 Å². The maximum Gasteiger partial charge on any atom is 0.174 e. The number of carbonyl (C=O) groups is 2. The van der Waals surface area contributed by atoms with E-state index >= 15 is 0 Å². The largest absolute Gasteiger partial charge is 0.490 e. The number of halogens is 2. The summed E-state index contributed by atoms with van der Waals surface area (Å²) in [6.07, 6.45) is 5.50. The summed E-state index contributed by atoms with van der Waals surface area (Å²) in [4.78, 5) is 29.3. The topological polar surface area (TPSA) is 55.8 Å². The number of ketones is 2. The minimum atomic E-state index is -0.355. The number of hydrogen-bond acceptors (Lipinski definition) is 5. The van der Waals surface area contributed by atoms with Crippen LogP contribution in [0.4, 0.5) is 0 Å². The summed E-state index contributed by atoms with van der Waals surface area (Å²) in [6.45, 7) is 5.79. The van der Waals surface area contributed by atoms with Crippen molar-refractivity contribution >= 4 is 45.8 Å². The van der Waals surface area contributed by atoms with Crippen molar-refractivity contribution in [1.82, 2.24) is 4.90 Å². The second-order valence-corrected chi connectivity index (χ2v) is 11.6. The smallest absolute Gasteiger partial charge is 0.174 e. The Labute approximate surface area is 243 Å². The summed E-state index contributed by atoms with van der Waals surface area (Å²) in [6, 6.07) is 11.6. The van der Waals surface area contributed by atoms with Crippen LogP contribution < -0.4 is 9.47 Å². The van der Waals surface area contributed by atoms with Gasteiger partial charge in [-0.3, -0.25) is 9.59 Å². The van der Waals surface area contributed by atoms with Crippen molar-refractivity contribution in [2.45, 2.75) is 71.3 Å². The lowest BCUT2D eigenvalue weighted by Gasteiger charge is -2.44. The Kier molecular flexibility index (Phi) is 8.48. The molecule has 38 heavy (non-hydrogen) atoms. The maximum absolute atomic E-state index is 13.5. The first-order valence-electron chi connectivity index (χ1n) is 13.6. The molecular weight excluding hydrogens is 613 g/mol. The van der Waals surface area contributed by atoms with E-state index in [0.29, 0.717) is 42.6 Å². The van der Waals surface area contributed by atoms with Crippen LogP contribution >= 0.6 is 34.2 Å². The molecule has 0 fully saturated rings. The van der Waals surface area contributed by atoms with E-state index in [0.717, 1.165) is 75.9 Å². The van der Waals surface area contributed by atoms with E-state index < -0.39 is 0 Å². The predicted octanol–water partition coefficient (Wildman–Crippen LogP) is 7.75. The Morgan fingerprint density at radius 3 is 2.13 bits per heavy atom.